The van der Waals surface area contributed by atoms with Gasteiger partial charge in [0.25, 0.3) is 0 Å². The molecule has 0 aliphatic carbocycles. The van der Waals surface area contributed by atoms with Gasteiger partial charge >= 0.3 is 0 Å². The van der Waals surface area contributed by atoms with Crippen LogP contribution in [0.15, 0.2) is 51.7 Å². The molecular weight excluding hydrogens is 394 g/mol. The first-order chi connectivity index (χ1) is 15.2. The average Bonchev–Trinajstić information content (AvgIpc) is 3.35. The van der Waals surface area contributed by atoms with Gasteiger partial charge in [0.05, 0.1) is 18.1 Å². The molecule has 0 unspecified atom stereocenters. The summed E-state index contributed by atoms with van der Waals surface area (Å²) in [5.41, 5.74) is 3.58. The Morgan fingerprint density at radius 3 is 2.94 bits per heavy atom. The number of nitrogens with one attached hydrogen (secondary N) is 1. The number of furan rings is 1. The fourth-order valence-electron chi connectivity index (χ4n) is 4.03. The van der Waals surface area contributed by atoms with Crippen LogP contribution in [0.4, 0.5) is 5.82 Å². The fourth-order valence-corrected chi connectivity index (χ4v) is 4.03. The Morgan fingerprint density at radius 1 is 1.29 bits per heavy atom. The predicted molar refractivity (Wildman–Crippen MR) is 119 cm³/mol. The summed E-state index contributed by atoms with van der Waals surface area (Å²) in [5.74, 6) is 1.57. The SMILES string of the molecule is C=C(CN1CCNCC1)c1c(OC)ccc2c(O)c(C=C3N=Nc4ncccc43)oc12. The number of methoxy groups -OCH3 is 1. The van der Waals surface area contributed by atoms with Crippen molar-refractivity contribution in [2.24, 2.45) is 10.2 Å². The Labute approximate surface area is 179 Å². The zero-order valence-corrected chi connectivity index (χ0v) is 17.3. The van der Waals surface area contributed by atoms with Gasteiger partial charge < -0.3 is 19.6 Å². The number of rotatable bonds is 5. The number of azo groups is 1. The van der Waals surface area contributed by atoms with Gasteiger partial charge in [-0.2, -0.15) is 0 Å². The van der Waals surface area contributed by atoms with E-state index >= 15 is 0 Å². The molecule has 2 aromatic heterocycles. The van der Waals surface area contributed by atoms with E-state index in [1.165, 1.54) is 0 Å². The van der Waals surface area contributed by atoms with Crippen molar-refractivity contribution in [3.05, 3.63) is 53.9 Å². The van der Waals surface area contributed by atoms with Crippen molar-refractivity contribution in [3.8, 4) is 11.5 Å². The molecule has 4 heterocycles. The van der Waals surface area contributed by atoms with E-state index in [1.807, 2.05) is 18.2 Å². The molecule has 158 valence electrons. The standard InChI is InChI=1S/C23H23N5O3/c1-14(13-28-10-8-24-9-11-28)20-18(30-2)6-5-16-21(29)19(31-22(16)20)12-17-15-4-3-7-25-23(15)27-26-17/h3-7,12,24,29H,1,8-11,13H2,2H3. The van der Waals surface area contributed by atoms with Gasteiger partial charge in [0.15, 0.2) is 17.3 Å². The molecule has 1 aromatic carbocycles. The Morgan fingerprint density at radius 2 is 2.13 bits per heavy atom. The molecule has 0 amide bonds. The molecule has 2 N–H and O–H groups in total. The molecular formula is C23H23N5O3. The van der Waals surface area contributed by atoms with E-state index in [9.17, 15) is 5.11 Å². The average molecular weight is 417 g/mol. The summed E-state index contributed by atoms with van der Waals surface area (Å²) in [7, 11) is 1.62. The first kappa shape index (κ1) is 19.5. The lowest BCUT2D eigenvalue weighted by Gasteiger charge is -2.28. The number of aromatic hydroxyl groups is 1. The summed E-state index contributed by atoms with van der Waals surface area (Å²) in [4.78, 5) is 6.54. The van der Waals surface area contributed by atoms with Gasteiger partial charge in [-0.1, -0.05) is 6.58 Å². The number of aromatic nitrogens is 1. The Bertz CT molecular complexity index is 1220. The second kappa shape index (κ2) is 7.98. The van der Waals surface area contributed by atoms with Crippen LogP contribution in [0.5, 0.6) is 11.5 Å². The minimum atomic E-state index is 0.0499. The summed E-state index contributed by atoms with van der Waals surface area (Å²) < 4.78 is 11.7. The third-order valence-corrected chi connectivity index (χ3v) is 5.60. The number of fused-ring (bicyclic) bond motifs is 2. The molecule has 2 aliphatic rings. The van der Waals surface area contributed by atoms with Crippen LogP contribution in [0.2, 0.25) is 0 Å². The summed E-state index contributed by atoms with van der Waals surface area (Å²) in [5, 5.41) is 23.1. The van der Waals surface area contributed by atoms with Crippen LogP contribution in [0, 0.1) is 0 Å². The van der Waals surface area contributed by atoms with Crippen LogP contribution >= 0.6 is 0 Å². The summed E-state index contributed by atoms with van der Waals surface area (Å²) in [6, 6.07) is 7.34. The maximum atomic E-state index is 10.9. The number of hydrogen-bond donors (Lipinski definition) is 2. The molecule has 1 fully saturated rings. The minimum Gasteiger partial charge on any atom is -0.504 e. The van der Waals surface area contributed by atoms with Crippen LogP contribution in [-0.4, -0.2) is 54.8 Å². The van der Waals surface area contributed by atoms with Gasteiger partial charge in [-0.15, -0.1) is 10.2 Å². The van der Waals surface area contributed by atoms with Crippen molar-refractivity contribution in [3.63, 3.8) is 0 Å². The van der Waals surface area contributed by atoms with E-state index in [4.69, 9.17) is 9.15 Å². The number of piperazine rings is 1. The number of nitrogens with zero attached hydrogens (tertiary/aromatic N) is 4. The maximum Gasteiger partial charge on any atom is 0.183 e. The van der Waals surface area contributed by atoms with Crippen LogP contribution in [0.25, 0.3) is 28.3 Å². The van der Waals surface area contributed by atoms with E-state index in [0.717, 1.165) is 42.9 Å². The Hall–Kier alpha value is -3.49. The van der Waals surface area contributed by atoms with E-state index in [2.05, 4.69) is 32.0 Å². The lowest BCUT2D eigenvalue weighted by Crippen LogP contribution is -2.43. The highest BCUT2D eigenvalue weighted by Gasteiger charge is 2.23. The van der Waals surface area contributed by atoms with Gasteiger partial charge in [0, 0.05) is 50.6 Å². The van der Waals surface area contributed by atoms with E-state index in [-0.39, 0.29) is 5.75 Å². The summed E-state index contributed by atoms with van der Waals surface area (Å²) >= 11 is 0. The van der Waals surface area contributed by atoms with Gasteiger partial charge in [-0.05, 0) is 29.8 Å². The molecule has 31 heavy (non-hydrogen) atoms. The maximum absolute atomic E-state index is 10.9. The zero-order chi connectivity index (χ0) is 21.4. The van der Waals surface area contributed by atoms with E-state index in [0.29, 0.717) is 40.5 Å². The normalized spacial score (nSPS) is 17.4. The quantitative estimate of drug-likeness (QED) is 0.650. The van der Waals surface area contributed by atoms with Gasteiger partial charge in [-0.3, -0.25) is 4.90 Å². The smallest absolute Gasteiger partial charge is 0.183 e. The minimum absolute atomic E-state index is 0.0499. The van der Waals surface area contributed by atoms with E-state index < -0.39 is 0 Å². The first-order valence-corrected chi connectivity index (χ1v) is 10.2. The van der Waals surface area contributed by atoms with Crippen LogP contribution in [0.1, 0.15) is 16.9 Å². The Kier molecular flexibility index (Phi) is 5.01. The monoisotopic (exact) mass is 417 g/mol. The molecule has 0 atom stereocenters. The number of ether oxygens (including phenoxy) is 1. The molecule has 8 nitrogen and oxygen atoms in total. The van der Waals surface area contributed by atoms with Gasteiger partial charge in [0.2, 0.25) is 0 Å². The van der Waals surface area contributed by atoms with Crippen molar-refractivity contribution < 1.29 is 14.3 Å². The van der Waals surface area contributed by atoms with Crippen LogP contribution in [0.3, 0.4) is 0 Å². The summed E-state index contributed by atoms with van der Waals surface area (Å²) in [6.07, 6.45) is 3.35. The molecule has 0 radical (unpaired) electrons. The van der Waals surface area contributed by atoms with Gasteiger partial charge in [-0.25, -0.2) is 4.98 Å². The predicted octanol–water partition coefficient (Wildman–Crippen LogP) is 4.06. The van der Waals surface area contributed by atoms with Crippen molar-refractivity contribution in [1.29, 1.82) is 0 Å². The molecule has 2 aliphatic heterocycles. The number of hydrogen-bond acceptors (Lipinski definition) is 8. The molecule has 3 aromatic rings. The largest absolute Gasteiger partial charge is 0.504 e. The molecule has 5 rings (SSSR count). The highest BCUT2D eigenvalue weighted by Crippen LogP contribution is 2.43. The molecule has 0 saturated carbocycles. The molecule has 1 saturated heterocycles. The highest BCUT2D eigenvalue weighted by atomic mass is 16.5. The summed E-state index contributed by atoms with van der Waals surface area (Å²) in [6.45, 7) is 8.83. The second-order valence-electron chi connectivity index (χ2n) is 7.57. The molecule has 0 spiro atoms. The molecule has 8 heteroatoms. The topological polar surface area (TPSA) is 95.5 Å². The van der Waals surface area contributed by atoms with Crippen molar-refractivity contribution in [2.45, 2.75) is 0 Å². The first-order valence-electron chi connectivity index (χ1n) is 10.2. The third kappa shape index (κ3) is 3.49. The van der Waals surface area contributed by atoms with Gasteiger partial charge in [0.1, 0.15) is 17.0 Å². The van der Waals surface area contributed by atoms with Crippen LogP contribution < -0.4 is 10.1 Å². The Balaban J connectivity index is 1.56. The zero-order valence-electron chi connectivity index (χ0n) is 17.3. The van der Waals surface area contributed by atoms with Crippen molar-refractivity contribution in [2.75, 3.05) is 39.8 Å². The third-order valence-electron chi connectivity index (χ3n) is 5.60. The fraction of sp³-hybridized carbons (Fsp3) is 0.261. The van der Waals surface area contributed by atoms with E-state index in [1.54, 1.807) is 25.4 Å². The lowest BCUT2D eigenvalue weighted by molar-refractivity contribution is 0.268. The number of benzene rings is 1. The van der Waals surface area contributed by atoms with Crippen molar-refractivity contribution in [1.82, 2.24) is 15.2 Å². The number of pyridine rings is 1. The molecule has 0 bridgehead atoms. The van der Waals surface area contributed by atoms with Crippen LogP contribution in [-0.2, 0) is 0 Å². The second-order valence-corrected chi connectivity index (χ2v) is 7.57. The lowest BCUT2D eigenvalue weighted by atomic mass is 10.0. The highest BCUT2D eigenvalue weighted by molar-refractivity contribution is 5.99. The van der Waals surface area contributed by atoms with Crippen molar-refractivity contribution >= 4 is 34.1 Å².